The number of carbonyl (C=O) groups is 2. The molecule has 0 aliphatic carbocycles. The monoisotopic (exact) mass is 369 g/mol. The van der Waals surface area contributed by atoms with Crippen LogP contribution < -0.4 is 20.7 Å². The summed E-state index contributed by atoms with van der Waals surface area (Å²) in [6.07, 6.45) is 0.0943. The number of hydrogen-bond acceptors (Lipinski definition) is 4. The zero-order valence-corrected chi connectivity index (χ0v) is 16.2. The molecule has 2 amide bonds. The number of carbonyl (C=O) groups excluding carboxylic acids is 2. The molecule has 0 radical (unpaired) electrons. The molecule has 27 heavy (non-hydrogen) atoms. The van der Waals surface area contributed by atoms with E-state index >= 15 is 0 Å². The Morgan fingerprint density at radius 3 is 2.11 bits per heavy atom. The van der Waals surface area contributed by atoms with E-state index in [1.807, 2.05) is 52.0 Å². The van der Waals surface area contributed by atoms with Crippen LogP contribution in [0.5, 0.6) is 5.75 Å². The molecule has 3 N–H and O–H groups in total. The standard InChI is InChI=1S/C21H27N3O3/c1-14(2)21(26)24-17-10-8-16(9-11-17)23-20(25)13-22-18-6-5-7-19(12-18)27-15(3)4/h5-12,14-15,22H,13H2,1-4H3,(H,23,25)(H,24,26). The highest BCUT2D eigenvalue weighted by molar-refractivity contribution is 5.95. The summed E-state index contributed by atoms with van der Waals surface area (Å²) in [6, 6.07) is 14.5. The third-order valence-corrected chi connectivity index (χ3v) is 3.62. The van der Waals surface area contributed by atoms with Crippen LogP contribution in [0.2, 0.25) is 0 Å². The normalized spacial score (nSPS) is 10.6. The van der Waals surface area contributed by atoms with Gasteiger partial charge in [0.05, 0.1) is 12.6 Å². The van der Waals surface area contributed by atoms with Crippen molar-refractivity contribution in [2.75, 3.05) is 22.5 Å². The van der Waals surface area contributed by atoms with Gasteiger partial charge in [-0.3, -0.25) is 9.59 Å². The summed E-state index contributed by atoms with van der Waals surface area (Å²) in [5.74, 6) is 0.471. The van der Waals surface area contributed by atoms with E-state index in [0.717, 1.165) is 11.4 Å². The molecule has 6 heteroatoms. The van der Waals surface area contributed by atoms with Crippen LogP contribution in [0, 0.1) is 5.92 Å². The molecule has 144 valence electrons. The van der Waals surface area contributed by atoms with Gasteiger partial charge in [0.2, 0.25) is 11.8 Å². The molecule has 0 saturated heterocycles. The number of hydrogen-bond donors (Lipinski definition) is 3. The van der Waals surface area contributed by atoms with Crippen molar-refractivity contribution in [2.24, 2.45) is 5.92 Å². The molecule has 0 aliphatic heterocycles. The van der Waals surface area contributed by atoms with Crippen LogP contribution in [0.15, 0.2) is 48.5 Å². The smallest absolute Gasteiger partial charge is 0.243 e. The molecule has 6 nitrogen and oxygen atoms in total. The maximum atomic E-state index is 12.1. The van der Waals surface area contributed by atoms with E-state index in [9.17, 15) is 9.59 Å². The number of ether oxygens (including phenoxy) is 1. The summed E-state index contributed by atoms with van der Waals surface area (Å²) in [5, 5.41) is 8.71. The van der Waals surface area contributed by atoms with Crippen molar-refractivity contribution in [3.63, 3.8) is 0 Å². The van der Waals surface area contributed by atoms with Crippen LogP contribution in [0.1, 0.15) is 27.7 Å². The van der Waals surface area contributed by atoms with Crippen molar-refractivity contribution >= 4 is 28.9 Å². The van der Waals surface area contributed by atoms with E-state index < -0.39 is 0 Å². The lowest BCUT2D eigenvalue weighted by Gasteiger charge is -2.12. The second kappa shape index (κ2) is 9.62. The van der Waals surface area contributed by atoms with Crippen LogP contribution in [-0.2, 0) is 9.59 Å². The average molecular weight is 369 g/mol. The molecule has 0 spiro atoms. The zero-order chi connectivity index (χ0) is 19.8. The lowest BCUT2D eigenvalue weighted by atomic mass is 10.2. The maximum absolute atomic E-state index is 12.1. The number of amides is 2. The molecule has 0 atom stereocenters. The molecule has 2 aromatic rings. The van der Waals surface area contributed by atoms with Gasteiger partial charge in [-0.1, -0.05) is 19.9 Å². The number of nitrogens with one attached hydrogen (secondary N) is 3. The Hall–Kier alpha value is -3.02. The first-order chi connectivity index (χ1) is 12.8. The fraction of sp³-hybridized carbons (Fsp3) is 0.333. The van der Waals surface area contributed by atoms with E-state index in [4.69, 9.17) is 4.74 Å². The predicted molar refractivity (Wildman–Crippen MR) is 109 cm³/mol. The van der Waals surface area contributed by atoms with E-state index in [1.165, 1.54) is 0 Å². The molecule has 0 unspecified atom stereocenters. The van der Waals surface area contributed by atoms with Crippen LogP contribution in [0.4, 0.5) is 17.1 Å². The second-order valence-electron chi connectivity index (χ2n) is 6.82. The Bertz CT molecular complexity index is 770. The lowest BCUT2D eigenvalue weighted by molar-refractivity contribution is -0.119. The van der Waals surface area contributed by atoms with Crippen molar-refractivity contribution < 1.29 is 14.3 Å². The average Bonchev–Trinajstić information content (AvgIpc) is 2.61. The third kappa shape index (κ3) is 7.01. The molecule has 0 saturated carbocycles. The summed E-state index contributed by atoms with van der Waals surface area (Å²) in [6.45, 7) is 7.74. The molecule has 0 bridgehead atoms. The van der Waals surface area contributed by atoms with Gasteiger partial charge in [-0.25, -0.2) is 0 Å². The molecular formula is C21H27N3O3. The molecule has 2 aromatic carbocycles. The minimum absolute atomic E-state index is 0.0420. The van der Waals surface area contributed by atoms with Crippen molar-refractivity contribution in [1.29, 1.82) is 0 Å². The van der Waals surface area contributed by atoms with Crippen LogP contribution >= 0.6 is 0 Å². The fourth-order valence-electron chi connectivity index (χ4n) is 2.26. The maximum Gasteiger partial charge on any atom is 0.243 e. The summed E-state index contributed by atoms with van der Waals surface area (Å²) in [4.78, 5) is 23.8. The Balaban J connectivity index is 1.84. The van der Waals surface area contributed by atoms with Gasteiger partial charge in [0.15, 0.2) is 0 Å². The van der Waals surface area contributed by atoms with Gasteiger partial charge >= 0.3 is 0 Å². The molecule has 0 fully saturated rings. The minimum atomic E-state index is -0.163. The second-order valence-corrected chi connectivity index (χ2v) is 6.82. The zero-order valence-electron chi connectivity index (χ0n) is 16.2. The summed E-state index contributed by atoms with van der Waals surface area (Å²) in [7, 11) is 0. The van der Waals surface area contributed by atoms with Crippen molar-refractivity contribution in [3.8, 4) is 5.75 Å². The first-order valence-corrected chi connectivity index (χ1v) is 9.05. The molecule has 0 aliphatic rings. The topological polar surface area (TPSA) is 79.5 Å². The molecular weight excluding hydrogens is 342 g/mol. The van der Waals surface area contributed by atoms with E-state index in [-0.39, 0.29) is 30.4 Å². The molecule has 2 rings (SSSR count). The number of benzene rings is 2. The van der Waals surface area contributed by atoms with Crippen molar-refractivity contribution in [3.05, 3.63) is 48.5 Å². The van der Waals surface area contributed by atoms with Gasteiger partial charge in [0.1, 0.15) is 5.75 Å². The van der Waals surface area contributed by atoms with E-state index in [2.05, 4.69) is 16.0 Å². The third-order valence-electron chi connectivity index (χ3n) is 3.62. The molecule has 0 heterocycles. The number of rotatable bonds is 8. The lowest BCUT2D eigenvalue weighted by Crippen LogP contribution is -2.22. The van der Waals surface area contributed by atoms with Gasteiger partial charge in [0, 0.05) is 29.0 Å². The number of anilines is 3. The summed E-state index contributed by atoms with van der Waals surface area (Å²) >= 11 is 0. The van der Waals surface area contributed by atoms with Crippen LogP contribution in [0.25, 0.3) is 0 Å². The fourth-order valence-corrected chi connectivity index (χ4v) is 2.26. The quantitative estimate of drug-likeness (QED) is 0.654. The first-order valence-electron chi connectivity index (χ1n) is 9.05. The van der Waals surface area contributed by atoms with Gasteiger partial charge in [-0.05, 0) is 50.2 Å². The van der Waals surface area contributed by atoms with Crippen LogP contribution in [0.3, 0.4) is 0 Å². The van der Waals surface area contributed by atoms with Crippen molar-refractivity contribution in [1.82, 2.24) is 0 Å². The van der Waals surface area contributed by atoms with Gasteiger partial charge < -0.3 is 20.7 Å². The van der Waals surface area contributed by atoms with Gasteiger partial charge in [-0.15, -0.1) is 0 Å². The Labute approximate surface area is 160 Å². The first kappa shape index (κ1) is 20.3. The Morgan fingerprint density at radius 1 is 0.889 bits per heavy atom. The SMILES string of the molecule is CC(C)Oc1cccc(NCC(=O)Nc2ccc(NC(=O)C(C)C)cc2)c1. The van der Waals surface area contributed by atoms with Gasteiger partial charge in [0.25, 0.3) is 0 Å². The van der Waals surface area contributed by atoms with Gasteiger partial charge in [-0.2, -0.15) is 0 Å². The summed E-state index contributed by atoms with van der Waals surface area (Å²) in [5.41, 5.74) is 2.18. The van der Waals surface area contributed by atoms with Crippen LogP contribution in [-0.4, -0.2) is 24.5 Å². The highest BCUT2D eigenvalue weighted by Crippen LogP contribution is 2.18. The predicted octanol–water partition coefficient (Wildman–Crippen LogP) is 4.12. The van der Waals surface area contributed by atoms with E-state index in [1.54, 1.807) is 24.3 Å². The summed E-state index contributed by atoms with van der Waals surface area (Å²) < 4.78 is 5.64. The largest absolute Gasteiger partial charge is 0.491 e. The Kier molecular flexibility index (Phi) is 7.23. The van der Waals surface area contributed by atoms with E-state index in [0.29, 0.717) is 11.4 Å². The molecule has 0 aromatic heterocycles. The van der Waals surface area contributed by atoms with Crippen molar-refractivity contribution in [2.45, 2.75) is 33.8 Å². The Morgan fingerprint density at radius 2 is 1.52 bits per heavy atom. The highest BCUT2D eigenvalue weighted by atomic mass is 16.5. The minimum Gasteiger partial charge on any atom is -0.491 e. The highest BCUT2D eigenvalue weighted by Gasteiger charge is 2.08.